The summed E-state index contributed by atoms with van der Waals surface area (Å²) in [6.45, 7) is 5.36. The molecular formula is C21H29N5O2. The highest BCUT2D eigenvalue weighted by Gasteiger charge is 2.32. The molecule has 7 heteroatoms. The number of aryl methyl sites for hydroxylation is 1. The van der Waals surface area contributed by atoms with Crippen LogP contribution in [0.5, 0.6) is 0 Å². The van der Waals surface area contributed by atoms with Gasteiger partial charge in [-0.15, -0.1) is 0 Å². The molecule has 28 heavy (non-hydrogen) atoms. The number of piperidine rings is 2. The van der Waals surface area contributed by atoms with E-state index in [1.165, 1.54) is 5.56 Å². The van der Waals surface area contributed by atoms with Crippen molar-refractivity contribution in [2.75, 3.05) is 32.7 Å². The third-order valence-corrected chi connectivity index (χ3v) is 6.16. The van der Waals surface area contributed by atoms with Crippen LogP contribution in [0.25, 0.3) is 11.0 Å². The SMILES string of the molecule is Cc1cccc2[nH]c(C3CCN(C(=O)[C@@H]4CCCN(CC(N)=O)C4)CC3)nc12. The molecule has 0 spiro atoms. The summed E-state index contributed by atoms with van der Waals surface area (Å²) in [6, 6.07) is 6.20. The molecule has 0 bridgehead atoms. The van der Waals surface area contributed by atoms with Gasteiger partial charge in [0.15, 0.2) is 0 Å². The van der Waals surface area contributed by atoms with Crippen molar-refractivity contribution >= 4 is 22.8 Å². The van der Waals surface area contributed by atoms with Crippen LogP contribution in [-0.2, 0) is 9.59 Å². The minimum absolute atomic E-state index is 0.0153. The number of para-hydroxylation sites is 1. The van der Waals surface area contributed by atoms with Crippen LogP contribution in [-0.4, -0.2) is 64.3 Å². The predicted molar refractivity (Wildman–Crippen MR) is 108 cm³/mol. The molecule has 1 aromatic carbocycles. The Balaban J connectivity index is 1.36. The molecule has 4 rings (SSSR count). The Labute approximate surface area is 165 Å². The van der Waals surface area contributed by atoms with Crippen molar-refractivity contribution in [2.45, 2.75) is 38.5 Å². The molecule has 2 amide bonds. The molecule has 2 aliphatic heterocycles. The van der Waals surface area contributed by atoms with Gasteiger partial charge in [-0.3, -0.25) is 14.5 Å². The number of aromatic nitrogens is 2. The third-order valence-electron chi connectivity index (χ3n) is 6.16. The predicted octanol–water partition coefficient (Wildman–Crippen LogP) is 1.77. The van der Waals surface area contributed by atoms with Gasteiger partial charge in [0.05, 0.1) is 23.5 Å². The van der Waals surface area contributed by atoms with Gasteiger partial charge < -0.3 is 15.6 Å². The second kappa shape index (κ2) is 7.91. The molecule has 150 valence electrons. The van der Waals surface area contributed by atoms with Crippen LogP contribution in [0, 0.1) is 12.8 Å². The van der Waals surface area contributed by atoms with Crippen molar-refractivity contribution in [3.63, 3.8) is 0 Å². The maximum atomic E-state index is 13.0. The maximum Gasteiger partial charge on any atom is 0.231 e. The summed E-state index contributed by atoms with van der Waals surface area (Å²) in [5, 5.41) is 0. The van der Waals surface area contributed by atoms with Crippen molar-refractivity contribution in [3.05, 3.63) is 29.6 Å². The van der Waals surface area contributed by atoms with E-state index in [1.807, 2.05) is 15.9 Å². The van der Waals surface area contributed by atoms with E-state index in [4.69, 9.17) is 10.7 Å². The zero-order valence-electron chi connectivity index (χ0n) is 16.5. The van der Waals surface area contributed by atoms with Gasteiger partial charge in [0, 0.05) is 25.6 Å². The van der Waals surface area contributed by atoms with E-state index < -0.39 is 0 Å². The number of rotatable bonds is 4. The number of likely N-dealkylation sites (tertiary alicyclic amines) is 2. The van der Waals surface area contributed by atoms with E-state index in [0.29, 0.717) is 12.5 Å². The van der Waals surface area contributed by atoms with Gasteiger partial charge in [0.2, 0.25) is 11.8 Å². The van der Waals surface area contributed by atoms with Gasteiger partial charge >= 0.3 is 0 Å². The largest absolute Gasteiger partial charge is 0.369 e. The van der Waals surface area contributed by atoms with Crippen LogP contribution in [0.15, 0.2) is 18.2 Å². The molecule has 0 radical (unpaired) electrons. The van der Waals surface area contributed by atoms with E-state index in [2.05, 4.69) is 24.0 Å². The van der Waals surface area contributed by atoms with Crippen molar-refractivity contribution in [1.82, 2.24) is 19.8 Å². The molecule has 1 atom stereocenters. The monoisotopic (exact) mass is 383 g/mol. The van der Waals surface area contributed by atoms with E-state index in [9.17, 15) is 9.59 Å². The van der Waals surface area contributed by atoms with Crippen molar-refractivity contribution in [1.29, 1.82) is 0 Å². The topological polar surface area (TPSA) is 95.3 Å². The summed E-state index contributed by atoms with van der Waals surface area (Å²) in [5.41, 5.74) is 8.63. The lowest BCUT2D eigenvalue weighted by atomic mass is 9.92. The summed E-state index contributed by atoms with van der Waals surface area (Å²) in [6.07, 6.45) is 3.71. The first-order chi connectivity index (χ1) is 13.5. The van der Waals surface area contributed by atoms with Gasteiger partial charge in [-0.05, 0) is 50.8 Å². The number of carbonyl (C=O) groups is 2. The highest BCUT2D eigenvalue weighted by molar-refractivity contribution is 5.80. The second-order valence-corrected chi connectivity index (χ2v) is 8.23. The fraction of sp³-hybridized carbons (Fsp3) is 0.571. The summed E-state index contributed by atoms with van der Waals surface area (Å²) in [7, 11) is 0. The average Bonchev–Trinajstić information content (AvgIpc) is 3.13. The molecule has 0 unspecified atom stereocenters. The van der Waals surface area contributed by atoms with Gasteiger partial charge in [0.1, 0.15) is 5.82 Å². The fourth-order valence-electron chi connectivity index (χ4n) is 4.64. The van der Waals surface area contributed by atoms with E-state index in [-0.39, 0.29) is 24.3 Å². The Bertz CT molecular complexity index is 869. The number of benzene rings is 1. The minimum atomic E-state index is -0.324. The average molecular weight is 383 g/mol. The van der Waals surface area contributed by atoms with Crippen LogP contribution < -0.4 is 5.73 Å². The van der Waals surface area contributed by atoms with Gasteiger partial charge in [-0.25, -0.2) is 4.98 Å². The van der Waals surface area contributed by atoms with Crippen LogP contribution in [0.2, 0.25) is 0 Å². The smallest absolute Gasteiger partial charge is 0.231 e. The van der Waals surface area contributed by atoms with Gasteiger partial charge in [-0.2, -0.15) is 0 Å². The number of carbonyl (C=O) groups excluding carboxylic acids is 2. The molecule has 3 heterocycles. The lowest BCUT2D eigenvalue weighted by molar-refractivity contribution is -0.139. The first-order valence-electron chi connectivity index (χ1n) is 10.3. The van der Waals surface area contributed by atoms with E-state index >= 15 is 0 Å². The zero-order chi connectivity index (χ0) is 19.7. The number of fused-ring (bicyclic) bond motifs is 1. The number of aromatic amines is 1. The zero-order valence-corrected chi connectivity index (χ0v) is 16.5. The number of hydrogen-bond donors (Lipinski definition) is 2. The number of primary amides is 1. The Hall–Kier alpha value is -2.41. The summed E-state index contributed by atoms with van der Waals surface area (Å²) >= 11 is 0. The second-order valence-electron chi connectivity index (χ2n) is 8.23. The number of nitrogens with zero attached hydrogens (tertiary/aromatic N) is 3. The lowest BCUT2D eigenvalue weighted by Gasteiger charge is -2.37. The first kappa shape index (κ1) is 18.9. The number of amides is 2. The van der Waals surface area contributed by atoms with Crippen LogP contribution in [0.3, 0.4) is 0 Å². The third kappa shape index (κ3) is 3.90. The molecular weight excluding hydrogens is 354 g/mol. The molecule has 0 aliphatic carbocycles. The molecule has 2 saturated heterocycles. The van der Waals surface area contributed by atoms with Crippen molar-refractivity contribution in [2.24, 2.45) is 11.7 Å². The Morgan fingerprint density at radius 2 is 2.00 bits per heavy atom. The van der Waals surface area contributed by atoms with Crippen LogP contribution in [0.4, 0.5) is 0 Å². The number of hydrogen-bond acceptors (Lipinski definition) is 4. The maximum absolute atomic E-state index is 13.0. The van der Waals surface area contributed by atoms with Crippen molar-refractivity contribution < 1.29 is 9.59 Å². The Morgan fingerprint density at radius 1 is 1.21 bits per heavy atom. The van der Waals surface area contributed by atoms with Crippen molar-refractivity contribution in [3.8, 4) is 0 Å². The molecule has 1 aromatic heterocycles. The standard InChI is InChI=1S/C21H29N5O2/c1-14-4-2-6-17-19(14)24-20(23-17)15-7-10-26(11-8-15)21(28)16-5-3-9-25(12-16)13-18(22)27/h2,4,6,15-16H,3,5,7-13H2,1H3,(H2,22,27)(H,23,24)/t16-/m1/s1. The van der Waals surface area contributed by atoms with Crippen LogP contribution >= 0.6 is 0 Å². The summed E-state index contributed by atoms with van der Waals surface area (Å²) in [4.78, 5) is 36.5. The number of imidazole rings is 1. The van der Waals surface area contributed by atoms with Gasteiger partial charge in [-0.1, -0.05) is 12.1 Å². The Morgan fingerprint density at radius 3 is 2.71 bits per heavy atom. The first-order valence-corrected chi connectivity index (χ1v) is 10.3. The highest BCUT2D eigenvalue weighted by atomic mass is 16.2. The van der Waals surface area contributed by atoms with E-state index in [1.54, 1.807) is 0 Å². The quantitative estimate of drug-likeness (QED) is 0.841. The molecule has 3 N–H and O–H groups in total. The summed E-state index contributed by atoms with van der Waals surface area (Å²) < 4.78 is 0. The minimum Gasteiger partial charge on any atom is -0.369 e. The highest BCUT2D eigenvalue weighted by Crippen LogP contribution is 2.30. The molecule has 7 nitrogen and oxygen atoms in total. The fourth-order valence-corrected chi connectivity index (χ4v) is 4.64. The molecule has 2 aliphatic rings. The number of nitrogens with one attached hydrogen (secondary N) is 1. The molecule has 2 fully saturated rings. The van der Waals surface area contributed by atoms with Gasteiger partial charge in [0.25, 0.3) is 0 Å². The lowest BCUT2D eigenvalue weighted by Crippen LogP contribution is -2.48. The molecule has 0 saturated carbocycles. The van der Waals surface area contributed by atoms with E-state index in [0.717, 1.165) is 62.2 Å². The van der Waals surface area contributed by atoms with Crippen LogP contribution in [0.1, 0.15) is 43.0 Å². The molecule has 2 aromatic rings. The summed E-state index contributed by atoms with van der Waals surface area (Å²) in [5.74, 6) is 1.30. The number of nitrogens with two attached hydrogens (primary N) is 1. The number of H-pyrrole nitrogens is 1. The Kier molecular flexibility index (Phi) is 5.35. The normalized spacial score (nSPS) is 21.9.